The summed E-state index contributed by atoms with van der Waals surface area (Å²) in [4.78, 5) is -0.614. The fraction of sp³-hybridized carbons (Fsp3) is 0.278. The Labute approximate surface area is 190 Å². The number of nitrogens with two attached hydrogens (primary N) is 1. The van der Waals surface area contributed by atoms with E-state index in [-0.39, 0.29) is 6.33 Å². The summed E-state index contributed by atoms with van der Waals surface area (Å²) in [6.07, 6.45) is 2.25. The maximum Gasteiger partial charge on any atom is 0.118 e. The monoisotopic (exact) mass is 506 g/mol. The molecule has 2 fully saturated rings. The molecule has 151 valence electrons. The highest BCUT2D eigenvalue weighted by Gasteiger charge is 2.47. The fourth-order valence-electron chi connectivity index (χ4n) is 2.30. The Bertz CT molecular complexity index is 797. The first kappa shape index (κ1) is 22.9. The van der Waals surface area contributed by atoms with E-state index < -0.39 is 4.87 Å². The topological polar surface area (TPSA) is 44.5 Å². The van der Waals surface area contributed by atoms with Crippen LogP contribution in [0.1, 0.15) is 12.8 Å². The molecule has 28 heavy (non-hydrogen) atoms. The summed E-state index contributed by atoms with van der Waals surface area (Å²) in [7, 11) is 5.11. The second-order valence-corrected chi connectivity index (χ2v) is 25.3. The molecule has 0 unspecified atom stereocenters. The molecule has 4 rings (SSSR count). The van der Waals surface area contributed by atoms with Gasteiger partial charge in [-0.2, -0.15) is 0 Å². The zero-order valence-electron chi connectivity index (χ0n) is 15.5. The smallest absolute Gasteiger partial charge is 0.118 e. The Morgan fingerprint density at radius 3 is 1.93 bits per heavy atom. The molecule has 2 aliphatic rings. The van der Waals surface area contributed by atoms with E-state index in [1.54, 1.807) is 24.6 Å². The number of ether oxygens (including phenoxy) is 2. The molecule has 1 aliphatic heterocycles. The van der Waals surface area contributed by atoms with E-state index in [1.807, 2.05) is 24.3 Å². The molecule has 2 N–H and O–H groups in total. The molecular formula is C18H22NO2P2S5. The Kier molecular flexibility index (Phi) is 8.56. The first-order valence-corrected chi connectivity index (χ1v) is 18.6. The maximum absolute atomic E-state index is 5.24. The lowest BCUT2D eigenvalue weighted by molar-refractivity contribution is 0.415. The van der Waals surface area contributed by atoms with Crippen molar-refractivity contribution in [2.75, 3.05) is 14.2 Å². The predicted octanol–water partition coefficient (Wildman–Crippen LogP) is 6.47. The molecule has 1 radical (unpaired) electrons. The van der Waals surface area contributed by atoms with Crippen LogP contribution in [0.15, 0.2) is 48.5 Å². The molecule has 0 aromatic heterocycles. The van der Waals surface area contributed by atoms with Crippen LogP contribution in [-0.4, -0.2) is 19.2 Å². The molecule has 1 saturated carbocycles. The summed E-state index contributed by atoms with van der Waals surface area (Å²) < 4.78 is 10.5. The highest BCUT2D eigenvalue weighted by Crippen LogP contribution is 3.10. The maximum atomic E-state index is 5.24. The van der Waals surface area contributed by atoms with Gasteiger partial charge >= 0.3 is 0 Å². The van der Waals surface area contributed by atoms with Crippen molar-refractivity contribution >= 4 is 83.1 Å². The van der Waals surface area contributed by atoms with Gasteiger partial charge in [0.1, 0.15) is 11.5 Å². The summed E-state index contributed by atoms with van der Waals surface area (Å²) in [6.45, 7) is 0. The predicted molar refractivity (Wildman–Crippen MR) is 140 cm³/mol. The third-order valence-corrected chi connectivity index (χ3v) is 35.9. The van der Waals surface area contributed by atoms with Gasteiger partial charge in [-0.05, 0) is 77.1 Å². The molecule has 1 heterocycles. The number of thiocarbonyl (C=S) groups is 1. The van der Waals surface area contributed by atoms with Crippen molar-refractivity contribution in [3.05, 3.63) is 48.5 Å². The lowest BCUT2D eigenvalue weighted by Gasteiger charge is -2.45. The average Bonchev–Trinajstić information content (AvgIpc) is 3.55. The number of methoxy groups -OCH3 is 2. The Hall–Kier alpha value is 0.190. The van der Waals surface area contributed by atoms with Crippen LogP contribution < -0.4 is 25.8 Å². The van der Waals surface area contributed by atoms with Gasteiger partial charge in [0.05, 0.1) is 30.4 Å². The lowest BCUT2D eigenvalue weighted by Crippen LogP contribution is -2.09. The molecule has 0 bridgehead atoms. The molecule has 1 aliphatic carbocycles. The van der Waals surface area contributed by atoms with E-state index in [0.29, 0.717) is 10.9 Å². The number of hydrogen-bond donors (Lipinski definition) is 2. The number of hydrogen-bond acceptors (Lipinski definition) is 7. The molecule has 2 aromatic rings. The zero-order valence-corrected chi connectivity index (χ0v) is 21.4. The standard InChI is InChI=1S/C14H15O2P2S4.C4H7NS/c1-15-11-3-7-13(8-4-11)17-20-18(21-17,22-19)14-9-5-12(16-2)6-10-14;5-4(6)3-1-2-3/h3-10,19H,1-2H3;3H,1-2H2,(H2,5,6). The summed E-state index contributed by atoms with van der Waals surface area (Å²) in [5.41, 5.74) is 5.23. The van der Waals surface area contributed by atoms with E-state index in [9.17, 15) is 0 Å². The van der Waals surface area contributed by atoms with E-state index in [1.165, 1.54) is 23.5 Å². The van der Waals surface area contributed by atoms with Crippen molar-refractivity contribution in [1.82, 2.24) is 0 Å². The molecule has 0 atom stereocenters. The molecule has 3 nitrogen and oxygen atoms in total. The first-order chi connectivity index (χ1) is 13.5. The van der Waals surface area contributed by atoms with Gasteiger partial charge in [-0.1, -0.05) is 34.2 Å². The number of thiol groups is 1. The Morgan fingerprint density at radius 2 is 1.57 bits per heavy atom. The van der Waals surface area contributed by atoms with E-state index >= 15 is 0 Å². The SMILES string of the molecule is COc1ccc(P2S[P](SS)(c3ccc(OC)cc3)S2)cc1.NC(=S)C1CC1. The van der Waals surface area contributed by atoms with Crippen LogP contribution in [0, 0.1) is 5.92 Å². The van der Waals surface area contributed by atoms with E-state index in [0.717, 1.165) is 11.5 Å². The largest absolute Gasteiger partial charge is 0.497 e. The first-order valence-electron chi connectivity index (χ1n) is 8.51. The van der Waals surface area contributed by atoms with Gasteiger partial charge < -0.3 is 15.2 Å². The van der Waals surface area contributed by atoms with Crippen LogP contribution in [-0.2, 0) is 0 Å². The molecule has 2 aromatic carbocycles. The lowest BCUT2D eigenvalue weighted by atomic mass is 10.3. The van der Waals surface area contributed by atoms with Crippen molar-refractivity contribution in [3.8, 4) is 11.5 Å². The van der Waals surface area contributed by atoms with Crippen molar-refractivity contribution in [3.63, 3.8) is 0 Å². The van der Waals surface area contributed by atoms with Gasteiger partial charge in [0.25, 0.3) is 0 Å². The van der Waals surface area contributed by atoms with Crippen LogP contribution in [0.2, 0.25) is 0 Å². The van der Waals surface area contributed by atoms with Gasteiger partial charge in [-0.3, -0.25) is 0 Å². The van der Waals surface area contributed by atoms with Crippen LogP contribution in [0.5, 0.6) is 11.5 Å². The Morgan fingerprint density at radius 1 is 1.07 bits per heavy atom. The molecule has 0 spiro atoms. The highest BCUT2D eigenvalue weighted by atomic mass is 33.8. The van der Waals surface area contributed by atoms with Crippen molar-refractivity contribution in [2.24, 2.45) is 11.7 Å². The van der Waals surface area contributed by atoms with Crippen molar-refractivity contribution < 1.29 is 9.47 Å². The third kappa shape index (κ3) is 5.66. The number of rotatable bonds is 6. The van der Waals surface area contributed by atoms with Crippen molar-refractivity contribution in [1.29, 1.82) is 0 Å². The van der Waals surface area contributed by atoms with E-state index in [2.05, 4.69) is 70.1 Å². The van der Waals surface area contributed by atoms with E-state index in [4.69, 9.17) is 15.2 Å². The third-order valence-electron chi connectivity index (χ3n) is 4.12. The fourth-order valence-corrected chi connectivity index (χ4v) is 36.9. The minimum absolute atomic E-state index is 0.213. The summed E-state index contributed by atoms with van der Waals surface area (Å²) in [5, 5.41) is 2.79. The van der Waals surface area contributed by atoms with Crippen LogP contribution >= 0.6 is 67.5 Å². The van der Waals surface area contributed by atoms with Gasteiger partial charge in [0.2, 0.25) is 0 Å². The molecule has 0 amide bonds. The van der Waals surface area contributed by atoms with Gasteiger partial charge in [0.15, 0.2) is 0 Å². The van der Waals surface area contributed by atoms with Crippen LogP contribution in [0.3, 0.4) is 0 Å². The summed E-state index contributed by atoms with van der Waals surface area (Å²) in [6, 6.07) is 16.9. The minimum atomic E-state index is -1.32. The van der Waals surface area contributed by atoms with Crippen LogP contribution in [0.25, 0.3) is 0 Å². The average molecular weight is 507 g/mol. The quantitative estimate of drug-likeness (QED) is 0.201. The van der Waals surface area contributed by atoms with Crippen molar-refractivity contribution in [2.45, 2.75) is 12.8 Å². The van der Waals surface area contributed by atoms with Gasteiger partial charge in [-0.15, -0.1) is 11.7 Å². The normalized spacial score (nSPS) is 23.0. The summed E-state index contributed by atoms with van der Waals surface area (Å²) in [5.74, 6) is 2.42. The minimum Gasteiger partial charge on any atom is -0.497 e. The van der Waals surface area contributed by atoms with Crippen LogP contribution in [0.4, 0.5) is 0 Å². The molecule has 1 saturated heterocycles. The Balaban J connectivity index is 0.000000320. The molecule has 10 heteroatoms. The van der Waals surface area contributed by atoms with Gasteiger partial charge in [-0.25, -0.2) is 0 Å². The number of benzene rings is 2. The molecular weight excluding hydrogens is 484 g/mol. The second-order valence-electron chi connectivity index (χ2n) is 6.07. The van der Waals surface area contributed by atoms with Gasteiger partial charge in [0, 0.05) is 11.2 Å². The second kappa shape index (κ2) is 10.5. The zero-order chi connectivity index (χ0) is 20.1. The highest BCUT2D eigenvalue weighted by molar-refractivity contribution is 9.55. The summed E-state index contributed by atoms with van der Waals surface area (Å²) >= 11 is 13.4.